The predicted octanol–water partition coefficient (Wildman–Crippen LogP) is 4.88. The molecule has 0 unspecified atom stereocenters. The van der Waals surface area contributed by atoms with Gasteiger partial charge in [-0.25, -0.2) is 0 Å². The van der Waals surface area contributed by atoms with Gasteiger partial charge in [-0.2, -0.15) is 0 Å². The lowest BCUT2D eigenvalue weighted by Crippen LogP contribution is -2.19. The topological polar surface area (TPSA) is 9.23 Å². The van der Waals surface area contributed by atoms with Gasteiger partial charge in [-0.1, -0.05) is 63.8 Å². The summed E-state index contributed by atoms with van der Waals surface area (Å²) in [6.07, 6.45) is 3.64. The van der Waals surface area contributed by atoms with Gasteiger partial charge in [-0.05, 0) is 18.1 Å². The van der Waals surface area contributed by atoms with Crippen LogP contribution in [0.15, 0.2) is 54.8 Å². The van der Waals surface area contributed by atoms with E-state index in [1.165, 1.54) is 5.56 Å². The Bertz CT molecular complexity index is 382. The van der Waals surface area contributed by atoms with Crippen LogP contribution in [0.3, 0.4) is 0 Å². The van der Waals surface area contributed by atoms with Gasteiger partial charge in [0.05, 0.1) is 6.26 Å². The number of ether oxygens (including phenoxy) is 1. The molecule has 1 rings (SSSR count). The Hall–Kier alpha value is -1.50. The van der Waals surface area contributed by atoms with Crippen molar-refractivity contribution in [3.63, 3.8) is 0 Å². The second kappa shape index (κ2) is 5.72. The number of hydrogen-bond acceptors (Lipinski definition) is 1. The molecule has 0 aliphatic carbocycles. The highest BCUT2D eigenvalue weighted by Crippen LogP contribution is 2.36. The van der Waals surface area contributed by atoms with Crippen LogP contribution in [-0.2, 0) is 4.74 Å². The first-order valence-corrected chi connectivity index (χ1v) is 5.95. The molecule has 0 spiro atoms. The molecule has 1 aromatic rings. The summed E-state index contributed by atoms with van der Waals surface area (Å²) in [5, 5.41) is 0. The molecular weight excluding hydrogens is 208 g/mol. The summed E-state index contributed by atoms with van der Waals surface area (Å²) in [6, 6.07) is 10.3. The van der Waals surface area contributed by atoms with Gasteiger partial charge in [0.25, 0.3) is 0 Å². The first-order valence-electron chi connectivity index (χ1n) is 5.95. The summed E-state index contributed by atoms with van der Waals surface area (Å²) in [7, 11) is 0. The molecule has 0 amide bonds. The maximum Gasteiger partial charge on any atom is 0.128 e. The van der Waals surface area contributed by atoms with Gasteiger partial charge < -0.3 is 4.74 Å². The number of rotatable bonds is 4. The molecule has 0 fully saturated rings. The summed E-state index contributed by atoms with van der Waals surface area (Å²) in [5.41, 5.74) is 2.29. The van der Waals surface area contributed by atoms with Crippen molar-refractivity contribution >= 4 is 0 Å². The molecule has 1 atom stereocenters. The Morgan fingerprint density at radius 2 is 1.82 bits per heavy atom. The van der Waals surface area contributed by atoms with Gasteiger partial charge in [0.15, 0.2) is 0 Å². The summed E-state index contributed by atoms with van der Waals surface area (Å²) in [5.74, 6) is 0. The van der Waals surface area contributed by atoms with Gasteiger partial charge >= 0.3 is 0 Å². The molecule has 1 heteroatoms. The van der Waals surface area contributed by atoms with Crippen molar-refractivity contribution in [2.45, 2.75) is 33.8 Å². The minimum absolute atomic E-state index is 0.0543. The lowest BCUT2D eigenvalue weighted by Gasteiger charge is -2.30. The summed E-state index contributed by atoms with van der Waals surface area (Å²) in [4.78, 5) is 0. The van der Waals surface area contributed by atoms with Crippen molar-refractivity contribution in [2.75, 3.05) is 0 Å². The minimum atomic E-state index is 0.0543. The van der Waals surface area contributed by atoms with Crippen LogP contribution in [0.4, 0.5) is 0 Å². The van der Waals surface area contributed by atoms with Crippen molar-refractivity contribution in [3.05, 3.63) is 60.4 Å². The van der Waals surface area contributed by atoms with E-state index in [1.54, 1.807) is 12.3 Å². The molecule has 1 aromatic carbocycles. The van der Waals surface area contributed by atoms with Crippen LogP contribution in [0.2, 0.25) is 0 Å². The van der Waals surface area contributed by atoms with Gasteiger partial charge in [0.2, 0.25) is 0 Å². The Labute approximate surface area is 105 Å². The maximum atomic E-state index is 5.91. The highest BCUT2D eigenvalue weighted by atomic mass is 16.5. The van der Waals surface area contributed by atoms with Crippen molar-refractivity contribution in [1.82, 2.24) is 0 Å². The van der Waals surface area contributed by atoms with E-state index in [2.05, 4.69) is 39.5 Å². The minimum Gasteiger partial charge on any atom is -0.493 e. The molecule has 0 aromatic heterocycles. The Balaban J connectivity index is 2.94. The van der Waals surface area contributed by atoms with Crippen molar-refractivity contribution in [1.29, 1.82) is 0 Å². The van der Waals surface area contributed by atoms with Crippen LogP contribution in [0.5, 0.6) is 0 Å². The van der Waals surface area contributed by atoms with Crippen molar-refractivity contribution in [2.24, 2.45) is 5.41 Å². The molecular formula is C16H22O. The maximum absolute atomic E-state index is 5.91. The Morgan fingerprint density at radius 1 is 1.24 bits per heavy atom. The summed E-state index contributed by atoms with van der Waals surface area (Å²) in [6.45, 7) is 12.3. The zero-order valence-electron chi connectivity index (χ0n) is 11.2. The van der Waals surface area contributed by atoms with Crippen LogP contribution in [0.1, 0.15) is 39.4 Å². The van der Waals surface area contributed by atoms with E-state index < -0.39 is 0 Å². The van der Waals surface area contributed by atoms with Gasteiger partial charge in [0.1, 0.15) is 6.10 Å². The molecule has 0 aliphatic rings. The van der Waals surface area contributed by atoms with Gasteiger partial charge in [0, 0.05) is 5.41 Å². The van der Waals surface area contributed by atoms with E-state index in [4.69, 9.17) is 4.74 Å². The fraction of sp³-hybridized carbons (Fsp3) is 0.375. The zero-order chi connectivity index (χ0) is 12.9. The highest BCUT2D eigenvalue weighted by molar-refractivity contribution is 5.20. The fourth-order valence-corrected chi connectivity index (χ4v) is 1.63. The zero-order valence-corrected chi connectivity index (χ0v) is 11.2. The molecule has 0 saturated heterocycles. The van der Waals surface area contributed by atoms with E-state index in [1.807, 2.05) is 25.1 Å². The molecule has 0 bridgehead atoms. The van der Waals surface area contributed by atoms with Crippen LogP contribution in [0, 0.1) is 5.41 Å². The molecule has 0 aliphatic heterocycles. The quantitative estimate of drug-likeness (QED) is 0.529. The third kappa shape index (κ3) is 4.10. The Kier molecular flexibility index (Phi) is 4.56. The van der Waals surface area contributed by atoms with Crippen LogP contribution >= 0.6 is 0 Å². The smallest absolute Gasteiger partial charge is 0.128 e. The van der Waals surface area contributed by atoms with Crippen LogP contribution in [0.25, 0.3) is 0 Å². The van der Waals surface area contributed by atoms with E-state index in [0.29, 0.717) is 0 Å². The lowest BCUT2D eigenvalue weighted by molar-refractivity contribution is 0.0439. The summed E-state index contributed by atoms with van der Waals surface area (Å²) < 4.78 is 5.91. The van der Waals surface area contributed by atoms with Crippen LogP contribution in [-0.4, -0.2) is 0 Å². The predicted molar refractivity (Wildman–Crippen MR) is 73.7 cm³/mol. The largest absolute Gasteiger partial charge is 0.493 e. The molecule has 17 heavy (non-hydrogen) atoms. The van der Waals surface area contributed by atoms with E-state index >= 15 is 0 Å². The molecule has 0 heterocycles. The standard InChI is InChI=1S/C16H22O/c1-6-13(2)12-17-15(16(3,4)5)14-10-8-7-9-11-14/h6-12,15H,1H2,2-5H3/b13-12+/t15-/m0/s1. The molecule has 0 radical (unpaired) electrons. The lowest BCUT2D eigenvalue weighted by atomic mass is 9.84. The first kappa shape index (κ1) is 13.6. The monoisotopic (exact) mass is 230 g/mol. The van der Waals surface area contributed by atoms with Crippen LogP contribution < -0.4 is 0 Å². The van der Waals surface area contributed by atoms with E-state index in [0.717, 1.165) is 5.57 Å². The summed E-state index contributed by atoms with van der Waals surface area (Å²) >= 11 is 0. The Morgan fingerprint density at radius 3 is 2.29 bits per heavy atom. The number of allylic oxidation sites excluding steroid dienone is 2. The van der Waals surface area contributed by atoms with Crippen molar-refractivity contribution in [3.8, 4) is 0 Å². The average Bonchev–Trinajstić information content (AvgIpc) is 2.28. The molecule has 0 saturated carbocycles. The van der Waals surface area contributed by atoms with Crippen molar-refractivity contribution < 1.29 is 4.74 Å². The first-order chi connectivity index (χ1) is 7.95. The van der Waals surface area contributed by atoms with E-state index in [-0.39, 0.29) is 11.5 Å². The van der Waals surface area contributed by atoms with Gasteiger partial charge in [-0.15, -0.1) is 0 Å². The number of hydrogen-bond donors (Lipinski definition) is 0. The highest BCUT2D eigenvalue weighted by Gasteiger charge is 2.27. The SMILES string of the molecule is C=C/C(C)=C/O[C@@H](c1ccccc1)C(C)(C)C. The van der Waals surface area contributed by atoms with E-state index in [9.17, 15) is 0 Å². The average molecular weight is 230 g/mol. The molecule has 1 nitrogen and oxygen atoms in total. The molecule has 92 valence electrons. The second-order valence-electron chi connectivity index (χ2n) is 5.36. The number of benzene rings is 1. The second-order valence-corrected chi connectivity index (χ2v) is 5.36. The third-order valence-corrected chi connectivity index (χ3v) is 2.60. The normalized spacial score (nSPS) is 14.2. The molecule has 0 N–H and O–H groups in total. The fourth-order valence-electron chi connectivity index (χ4n) is 1.63. The third-order valence-electron chi connectivity index (χ3n) is 2.60. The van der Waals surface area contributed by atoms with Gasteiger partial charge in [-0.3, -0.25) is 0 Å².